The van der Waals surface area contributed by atoms with Crippen LogP contribution in [0, 0.1) is 0 Å². The van der Waals surface area contributed by atoms with Crippen molar-refractivity contribution < 1.29 is 13.2 Å². The molecule has 1 aromatic heterocycles. The number of alkyl halides is 3. The first-order chi connectivity index (χ1) is 8.86. The fourth-order valence-electron chi connectivity index (χ4n) is 1.77. The van der Waals surface area contributed by atoms with Crippen LogP contribution in [0.4, 0.5) is 13.2 Å². The third kappa shape index (κ3) is 2.43. The zero-order valence-corrected chi connectivity index (χ0v) is 10.3. The largest absolute Gasteiger partial charge is 0.418 e. The number of aromatic nitrogens is 2. The summed E-state index contributed by atoms with van der Waals surface area (Å²) in [6.07, 6.45) is -4.59. The Labute approximate surface area is 110 Å². The molecule has 0 radical (unpaired) electrons. The number of halogens is 4. The average Bonchev–Trinajstić information content (AvgIpc) is 2.32. The van der Waals surface area contributed by atoms with Crippen molar-refractivity contribution in [3.05, 3.63) is 39.4 Å². The zero-order chi connectivity index (χ0) is 14.2. The van der Waals surface area contributed by atoms with Gasteiger partial charge in [-0.3, -0.25) is 9.36 Å². The zero-order valence-electron chi connectivity index (χ0n) is 9.54. The van der Waals surface area contributed by atoms with Crippen molar-refractivity contribution in [2.45, 2.75) is 12.7 Å². The summed E-state index contributed by atoms with van der Waals surface area (Å²) in [6.45, 7) is 0.225. The van der Waals surface area contributed by atoms with E-state index in [2.05, 4.69) is 4.98 Å². The maximum absolute atomic E-state index is 12.8. The highest BCUT2D eigenvalue weighted by molar-refractivity contribution is 6.28. The number of benzene rings is 1. The monoisotopic (exact) mass is 291 g/mol. The van der Waals surface area contributed by atoms with Gasteiger partial charge in [0.2, 0.25) is 5.28 Å². The maximum Gasteiger partial charge on any atom is 0.418 e. The van der Waals surface area contributed by atoms with E-state index in [-0.39, 0.29) is 23.8 Å². The number of hydrogen-bond donors (Lipinski definition) is 1. The lowest BCUT2D eigenvalue weighted by molar-refractivity contribution is -0.136. The lowest BCUT2D eigenvalue weighted by Crippen LogP contribution is -2.26. The summed E-state index contributed by atoms with van der Waals surface area (Å²) < 4.78 is 39.5. The molecule has 2 rings (SSSR count). The second kappa shape index (κ2) is 4.82. The molecule has 0 aliphatic carbocycles. The Bertz CT molecular complexity index is 681. The molecule has 0 aliphatic rings. The standard InChI is InChI=1S/C11H9ClF3N3O/c12-10-17-8-6(9(19)18(10)5-4-16)2-1-3-7(8)11(13,14)15/h1-3H,4-5,16H2. The Balaban J connectivity index is 2.84. The SMILES string of the molecule is NCCn1c(Cl)nc2c(C(F)(F)F)cccc2c1=O. The van der Waals surface area contributed by atoms with E-state index >= 15 is 0 Å². The van der Waals surface area contributed by atoms with E-state index in [1.54, 1.807) is 0 Å². The highest BCUT2D eigenvalue weighted by Gasteiger charge is 2.33. The quantitative estimate of drug-likeness (QED) is 0.861. The molecule has 0 aliphatic heterocycles. The van der Waals surface area contributed by atoms with Crippen molar-refractivity contribution in [1.82, 2.24) is 9.55 Å². The molecule has 102 valence electrons. The number of hydrogen-bond acceptors (Lipinski definition) is 3. The van der Waals surface area contributed by atoms with E-state index in [0.717, 1.165) is 16.7 Å². The van der Waals surface area contributed by atoms with E-state index in [1.807, 2.05) is 0 Å². The van der Waals surface area contributed by atoms with Crippen LogP contribution < -0.4 is 11.3 Å². The van der Waals surface area contributed by atoms with Crippen molar-refractivity contribution in [2.75, 3.05) is 6.54 Å². The third-order valence-corrected chi connectivity index (χ3v) is 2.89. The maximum atomic E-state index is 12.8. The van der Waals surface area contributed by atoms with Gasteiger partial charge in [-0.25, -0.2) is 4.98 Å². The van der Waals surface area contributed by atoms with Gasteiger partial charge in [0.25, 0.3) is 5.56 Å². The molecular formula is C11H9ClF3N3O. The first-order valence-electron chi connectivity index (χ1n) is 5.32. The smallest absolute Gasteiger partial charge is 0.329 e. The minimum atomic E-state index is -4.59. The summed E-state index contributed by atoms with van der Waals surface area (Å²) in [6, 6.07) is 3.30. The normalized spacial score (nSPS) is 12.1. The van der Waals surface area contributed by atoms with Gasteiger partial charge in [0, 0.05) is 13.1 Å². The van der Waals surface area contributed by atoms with Gasteiger partial charge in [0.05, 0.1) is 16.5 Å². The molecule has 0 unspecified atom stereocenters. The highest BCUT2D eigenvalue weighted by Crippen LogP contribution is 2.33. The van der Waals surface area contributed by atoms with Crippen LogP contribution in [0.1, 0.15) is 5.56 Å². The summed E-state index contributed by atoms with van der Waals surface area (Å²) in [5, 5.41) is -0.438. The Morgan fingerprint density at radius 1 is 1.37 bits per heavy atom. The van der Waals surface area contributed by atoms with Gasteiger partial charge in [-0.05, 0) is 23.7 Å². The number of nitrogens with zero attached hydrogens (tertiary/aromatic N) is 2. The minimum absolute atomic E-state index is 0.0941. The van der Waals surface area contributed by atoms with Crippen LogP contribution in [-0.2, 0) is 12.7 Å². The fourth-order valence-corrected chi connectivity index (χ4v) is 2.02. The molecule has 4 nitrogen and oxygen atoms in total. The molecule has 19 heavy (non-hydrogen) atoms. The van der Waals surface area contributed by atoms with Crippen molar-refractivity contribution in [1.29, 1.82) is 0 Å². The van der Waals surface area contributed by atoms with Crippen LogP contribution in [-0.4, -0.2) is 16.1 Å². The van der Waals surface area contributed by atoms with Crippen LogP contribution in [0.25, 0.3) is 10.9 Å². The van der Waals surface area contributed by atoms with Crippen molar-refractivity contribution in [3.8, 4) is 0 Å². The molecule has 0 saturated carbocycles. The van der Waals surface area contributed by atoms with E-state index < -0.39 is 22.8 Å². The topological polar surface area (TPSA) is 60.9 Å². The van der Waals surface area contributed by atoms with Gasteiger partial charge in [0.1, 0.15) is 0 Å². The van der Waals surface area contributed by atoms with E-state index in [9.17, 15) is 18.0 Å². The molecule has 0 atom stereocenters. The molecule has 0 fully saturated rings. The Kier molecular flexibility index (Phi) is 3.51. The summed E-state index contributed by atoms with van der Waals surface area (Å²) in [7, 11) is 0. The number of fused-ring (bicyclic) bond motifs is 1. The first kappa shape index (κ1) is 13.8. The molecule has 0 spiro atoms. The summed E-state index contributed by atoms with van der Waals surface area (Å²) in [5.41, 5.74) is 3.25. The van der Waals surface area contributed by atoms with Crippen LogP contribution >= 0.6 is 11.6 Å². The van der Waals surface area contributed by atoms with Crippen LogP contribution in [0.2, 0.25) is 5.28 Å². The van der Waals surface area contributed by atoms with Gasteiger partial charge < -0.3 is 5.73 Å². The Morgan fingerprint density at radius 3 is 2.63 bits per heavy atom. The molecule has 0 bridgehead atoms. The highest BCUT2D eigenvalue weighted by atomic mass is 35.5. The van der Waals surface area contributed by atoms with Gasteiger partial charge in [0.15, 0.2) is 0 Å². The van der Waals surface area contributed by atoms with Gasteiger partial charge in [-0.2, -0.15) is 13.2 Å². The van der Waals surface area contributed by atoms with E-state index in [0.29, 0.717) is 0 Å². The average molecular weight is 292 g/mol. The molecule has 2 N–H and O–H groups in total. The third-order valence-electron chi connectivity index (χ3n) is 2.60. The summed E-state index contributed by atoms with van der Waals surface area (Å²) in [5.74, 6) is 0. The van der Waals surface area contributed by atoms with Crippen LogP contribution in [0.3, 0.4) is 0 Å². The molecule has 0 amide bonds. The number of para-hydroxylation sites is 1. The molecule has 0 saturated heterocycles. The summed E-state index contributed by atoms with van der Waals surface area (Å²) in [4.78, 5) is 15.7. The predicted octanol–water partition coefficient (Wildman–Crippen LogP) is 2.03. The Hall–Kier alpha value is -1.60. The number of nitrogens with two attached hydrogens (primary N) is 1. The van der Waals surface area contributed by atoms with Crippen LogP contribution in [0.15, 0.2) is 23.0 Å². The molecule has 8 heteroatoms. The van der Waals surface area contributed by atoms with Gasteiger partial charge >= 0.3 is 6.18 Å². The fraction of sp³-hybridized carbons (Fsp3) is 0.273. The second-order valence-corrected chi connectivity index (χ2v) is 4.16. The first-order valence-corrected chi connectivity index (χ1v) is 5.70. The van der Waals surface area contributed by atoms with Gasteiger partial charge in [-0.1, -0.05) is 6.07 Å². The van der Waals surface area contributed by atoms with Crippen molar-refractivity contribution >= 4 is 22.5 Å². The van der Waals surface area contributed by atoms with E-state index in [4.69, 9.17) is 17.3 Å². The lowest BCUT2D eigenvalue weighted by atomic mass is 10.1. The Morgan fingerprint density at radius 2 is 2.05 bits per heavy atom. The molecule has 1 heterocycles. The summed E-state index contributed by atoms with van der Waals surface area (Å²) >= 11 is 5.74. The second-order valence-electron chi connectivity index (χ2n) is 3.83. The van der Waals surface area contributed by atoms with Crippen LogP contribution in [0.5, 0.6) is 0 Å². The van der Waals surface area contributed by atoms with Gasteiger partial charge in [-0.15, -0.1) is 0 Å². The van der Waals surface area contributed by atoms with E-state index in [1.165, 1.54) is 6.07 Å². The number of rotatable bonds is 2. The lowest BCUT2D eigenvalue weighted by Gasteiger charge is -2.12. The van der Waals surface area contributed by atoms with Crippen molar-refractivity contribution in [2.24, 2.45) is 5.73 Å². The minimum Gasteiger partial charge on any atom is -0.329 e. The predicted molar refractivity (Wildman–Crippen MR) is 65.1 cm³/mol. The molecule has 2 aromatic rings. The molecule has 1 aromatic carbocycles. The molecular weight excluding hydrogens is 283 g/mol. The van der Waals surface area contributed by atoms with Crippen molar-refractivity contribution in [3.63, 3.8) is 0 Å².